The molecule has 0 spiro atoms. The minimum atomic E-state index is -0.263. The Kier molecular flexibility index (Phi) is 5.39. The predicted molar refractivity (Wildman–Crippen MR) is 84.4 cm³/mol. The van der Waals surface area contributed by atoms with Crippen LogP contribution in [-0.2, 0) is 20.6 Å². The molecule has 5 heteroatoms. The van der Waals surface area contributed by atoms with Gasteiger partial charge >= 0.3 is 5.69 Å². The highest BCUT2D eigenvalue weighted by atomic mass is 16.2. The molecule has 2 rings (SSSR count). The minimum absolute atomic E-state index is 0.239. The van der Waals surface area contributed by atoms with Gasteiger partial charge in [0.05, 0.1) is 0 Å². The van der Waals surface area contributed by atoms with Crippen molar-refractivity contribution in [2.45, 2.75) is 58.0 Å². The molecule has 1 aromatic rings. The maximum atomic E-state index is 11.9. The molecule has 1 fully saturated rings. The highest BCUT2D eigenvalue weighted by molar-refractivity contribution is 5.02. The Hall–Kier alpha value is -1.36. The van der Waals surface area contributed by atoms with Gasteiger partial charge in [-0.15, -0.1) is 0 Å². The largest absolute Gasteiger partial charge is 0.330 e. The summed E-state index contributed by atoms with van der Waals surface area (Å²) in [6, 6.07) is 1.97. The lowest BCUT2D eigenvalue weighted by atomic mass is 9.93. The molecular weight excluding hydrogens is 266 g/mol. The second-order valence-electron chi connectivity index (χ2n) is 6.30. The first-order chi connectivity index (χ1) is 10.0. The third kappa shape index (κ3) is 3.84. The van der Waals surface area contributed by atoms with Gasteiger partial charge in [-0.05, 0) is 25.7 Å². The summed E-state index contributed by atoms with van der Waals surface area (Å²) in [4.78, 5) is 23.6. The van der Waals surface area contributed by atoms with Crippen LogP contribution < -0.4 is 16.6 Å². The van der Waals surface area contributed by atoms with Crippen LogP contribution in [0.4, 0.5) is 0 Å². The van der Waals surface area contributed by atoms with Crippen LogP contribution in [0.25, 0.3) is 0 Å². The van der Waals surface area contributed by atoms with Crippen molar-refractivity contribution in [1.82, 2.24) is 14.5 Å². The Balaban J connectivity index is 2.02. The first-order valence-corrected chi connectivity index (χ1v) is 8.00. The molecule has 1 saturated carbocycles. The van der Waals surface area contributed by atoms with E-state index < -0.39 is 0 Å². The van der Waals surface area contributed by atoms with Crippen molar-refractivity contribution in [2.75, 3.05) is 0 Å². The van der Waals surface area contributed by atoms with E-state index in [4.69, 9.17) is 0 Å². The number of aromatic nitrogens is 2. The van der Waals surface area contributed by atoms with Crippen LogP contribution in [-0.4, -0.2) is 15.2 Å². The van der Waals surface area contributed by atoms with Gasteiger partial charge in [0.15, 0.2) is 0 Å². The van der Waals surface area contributed by atoms with E-state index in [2.05, 4.69) is 12.2 Å². The summed E-state index contributed by atoms with van der Waals surface area (Å²) in [6.07, 6.45) is 7.91. The second kappa shape index (κ2) is 7.07. The normalized spacial score (nSPS) is 18.4. The van der Waals surface area contributed by atoms with E-state index in [1.165, 1.54) is 45.6 Å². The lowest BCUT2D eigenvalue weighted by Gasteiger charge is -2.24. The van der Waals surface area contributed by atoms with Crippen molar-refractivity contribution in [1.29, 1.82) is 0 Å². The Morgan fingerprint density at radius 2 is 1.76 bits per heavy atom. The number of nitrogens with zero attached hydrogens (tertiary/aromatic N) is 2. The van der Waals surface area contributed by atoms with Gasteiger partial charge in [0.1, 0.15) is 0 Å². The van der Waals surface area contributed by atoms with Gasteiger partial charge in [-0.2, -0.15) is 0 Å². The van der Waals surface area contributed by atoms with Gasteiger partial charge in [0, 0.05) is 38.4 Å². The zero-order valence-electron chi connectivity index (χ0n) is 13.4. The molecule has 0 radical (unpaired) electrons. The average Bonchev–Trinajstić information content (AvgIpc) is 2.76. The number of hydrogen-bond acceptors (Lipinski definition) is 3. The fourth-order valence-electron chi connectivity index (χ4n) is 3.19. The second-order valence-corrected chi connectivity index (χ2v) is 6.30. The first-order valence-electron chi connectivity index (χ1n) is 8.00. The summed E-state index contributed by atoms with van der Waals surface area (Å²) in [5.41, 5.74) is 0.252. The van der Waals surface area contributed by atoms with E-state index in [0.29, 0.717) is 18.5 Å². The molecule has 1 aliphatic carbocycles. The van der Waals surface area contributed by atoms with Gasteiger partial charge < -0.3 is 5.32 Å². The summed E-state index contributed by atoms with van der Waals surface area (Å²) in [5.74, 6) is 0.705. The van der Waals surface area contributed by atoms with Crippen molar-refractivity contribution < 1.29 is 0 Å². The average molecular weight is 293 g/mol. The van der Waals surface area contributed by atoms with Crippen LogP contribution in [0.2, 0.25) is 0 Å². The fraction of sp³-hybridized carbons (Fsp3) is 0.750. The van der Waals surface area contributed by atoms with Gasteiger partial charge in [0.2, 0.25) is 0 Å². The van der Waals surface area contributed by atoms with Crippen LogP contribution in [0.3, 0.4) is 0 Å². The molecule has 0 aliphatic heterocycles. The summed E-state index contributed by atoms with van der Waals surface area (Å²) in [6.45, 7) is 2.79. The molecule has 1 aromatic heterocycles. The lowest BCUT2D eigenvalue weighted by Crippen LogP contribution is -2.40. The Morgan fingerprint density at radius 1 is 1.14 bits per heavy atom. The predicted octanol–water partition coefficient (Wildman–Crippen LogP) is 1.53. The Bertz CT molecular complexity index is 580. The lowest BCUT2D eigenvalue weighted by molar-refractivity contribution is 0.333. The van der Waals surface area contributed by atoms with Crippen molar-refractivity contribution in [3.05, 3.63) is 32.6 Å². The Labute approximate surface area is 126 Å². The zero-order chi connectivity index (χ0) is 15.4. The van der Waals surface area contributed by atoms with Crippen LogP contribution in [0.15, 0.2) is 15.7 Å². The molecular formula is C16H27N3O2. The summed E-state index contributed by atoms with van der Waals surface area (Å²) < 4.78 is 2.69. The SMILES string of the molecule is C[C@H](NCc1cc(=O)n(C)c(=O)n1C)C1CCCCCC1. The molecule has 5 nitrogen and oxygen atoms in total. The van der Waals surface area contributed by atoms with Crippen molar-refractivity contribution in [3.63, 3.8) is 0 Å². The molecule has 0 amide bonds. The fourth-order valence-corrected chi connectivity index (χ4v) is 3.19. The van der Waals surface area contributed by atoms with E-state index in [1.54, 1.807) is 17.7 Å². The molecule has 0 aromatic carbocycles. The number of rotatable bonds is 4. The van der Waals surface area contributed by atoms with Gasteiger partial charge in [0.25, 0.3) is 5.56 Å². The summed E-state index contributed by atoms with van der Waals surface area (Å²) >= 11 is 0. The molecule has 21 heavy (non-hydrogen) atoms. The number of nitrogens with one attached hydrogen (secondary N) is 1. The molecule has 1 N–H and O–H groups in total. The third-order valence-corrected chi connectivity index (χ3v) is 4.84. The molecule has 118 valence electrons. The standard InChI is InChI=1S/C16H27N3O2/c1-12(13-8-6-4-5-7-9-13)17-11-14-10-15(20)19(3)16(21)18(14)2/h10,12-13,17H,4-9,11H2,1-3H3/t12-/m0/s1. The first kappa shape index (κ1) is 16.0. The van der Waals surface area contributed by atoms with Crippen molar-refractivity contribution in [2.24, 2.45) is 20.0 Å². The maximum Gasteiger partial charge on any atom is 0.330 e. The monoisotopic (exact) mass is 293 g/mol. The summed E-state index contributed by atoms with van der Waals surface area (Å²) in [5, 5.41) is 3.50. The molecule has 0 bridgehead atoms. The van der Waals surface area contributed by atoms with E-state index >= 15 is 0 Å². The molecule has 0 saturated heterocycles. The van der Waals surface area contributed by atoms with E-state index in [0.717, 1.165) is 10.3 Å². The molecule has 0 unspecified atom stereocenters. The van der Waals surface area contributed by atoms with Crippen molar-refractivity contribution in [3.8, 4) is 0 Å². The third-order valence-electron chi connectivity index (χ3n) is 4.84. The smallest absolute Gasteiger partial charge is 0.308 e. The van der Waals surface area contributed by atoms with Gasteiger partial charge in [-0.3, -0.25) is 13.9 Å². The highest BCUT2D eigenvalue weighted by Crippen LogP contribution is 2.25. The van der Waals surface area contributed by atoms with Crippen LogP contribution in [0.5, 0.6) is 0 Å². The molecule has 1 aliphatic rings. The minimum Gasteiger partial charge on any atom is -0.308 e. The zero-order valence-corrected chi connectivity index (χ0v) is 13.4. The quantitative estimate of drug-likeness (QED) is 0.857. The summed E-state index contributed by atoms with van der Waals surface area (Å²) in [7, 11) is 3.23. The molecule has 1 heterocycles. The highest BCUT2D eigenvalue weighted by Gasteiger charge is 2.19. The van der Waals surface area contributed by atoms with Crippen molar-refractivity contribution >= 4 is 0 Å². The van der Waals surface area contributed by atoms with Crippen LogP contribution in [0.1, 0.15) is 51.1 Å². The Morgan fingerprint density at radius 3 is 2.38 bits per heavy atom. The van der Waals surface area contributed by atoms with Crippen LogP contribution >= 0.6 is 0 Å². The van der Waals surface area contributed by atoms with E-state index in [9.17, 15) is 9.59 Å². The van der Waals surface area contributed by atoms with Gasteiger partial charge in [-0.25, -0.2) is 4.79 Å². The van der Waals surface area contributed by atoms with Gasteiger partial charge in [-0.1, -0.05) is 25.7 Å². The number of hydrogen-bond donors (Lipinski definition) is 1. The molecule has 1 atom stereocenters. The van der Waals surface area contributed by atoms with E-state index in [-0.39, 0.29) is 11.2 Å². The topological polar surface area (TPSA) is 56.0 Å². The maximum absolute atomic E-state index is 11.9. The van der Waals surface area contributed by atoms with Crippen LogP contribution in [0, 0.1) is 5.92 Å². The van der Waals surface area contributed by atoms with E-state index in [1.807, 2.05) is 0 Å².